The van der Waals surface area contributed by atoms with E-state index < -0.39 is 0 Å². The fourth-order valence-electron chi connectivity index (χ4n) is 2.51. The van der Waals surface area contributed by atoms with Gasteiger partial charge in [0.1, 0.15) is 0 Å². The summed E-state index contributed by atoms with van der Waals surface area (Å²) in [5.41, 5.74) is 2.06. The lowest BCUT2D eigenvalue weighted by atomic mass is 10.1. The summed E-state index contributed by atoms with van der Waals surface area (Å²) < 4.78 is 1.70. The molecule has 0 radical (unpaired) electrons. The lowest BCUT2D eigenvalue weighted by Crippen LogP contribution is -2.26. The number of nitrogens with zero attached hydrogens (tertiary/aromatic N) is 1. The smallest absolute Gasteiger partial charge is 0.261 e. The van der Waals surface area contributed by atoms with Gasteiger partial charge in [0.05, 0.1) is 10.9 Å². The zero-order chi connectivity index (χ0) is 17.1. The molecule has 24 heavy (non-hydrogen) atoms. The van der Waals surface area contributed by atoms with E-state index in [-0.39, 0.29) is 11.5 Å². The van der Waals surface area contributed by atoms with E-state index >= 15 is 0 Å². The summed E-state index contributed by atoms with van der Waals surface area (Å²) in [7, 11) is 1.62. The Morgan fingerprint density at radius 2 is 1.96 bits per heavy atom. The molecule has 0 spiro atoms. The number of H-pyrrole nitrogens is 1. The van der Waals surface area contributed by atoms with Crippen molar-refractivity contribution in [1.82, 2.24) is 14.9 Å². The quantitative estimate of drug-likeness (QED) is 0.718. The van der Waals surface area contributed by atoms with Crippen LogP contribution in [-0.4, -0.2) is 22.0 Å². The predicted molar refractivity (Wildman–Crippen MR) is 96.9 cm³/mol. The van der Waals surface area contributed by atoms with Crippen molar-refractivity contribution in [2.24, 2.45) is 7.05 Å². The van der Waals surface area contributed by atoms with Gasteiger partial charge in [0.25, 0.3) is 11.5 Å². The van der Waals surface area contributed by atoms with Gasteiger partial charge in [-0.1, -0.05) is 30.3 Å². The number of fused-ring (bicyclic) bond motifs is 1. The fourth-order valence-corrected chi connectivity index (χ4v) is 2.71. The number of amides is 1. The predicted octanol–water partition coefficient (Wildman–Crippen LogP) is 2.57. The van der Waals surface area contributed by atoms with Crippen LogP contribution in [0.2, 0.25) is 0 Å². The topological polar surface area (TPSA) is 66.9 Å². The second-order valence-corrected chi connectivity index (χ2v) is 5.93. The summed E-state index contributed by atoms with van der Waals surface area (Å²) in [4.78, 5) is 27.4. The van der Waals surface area contributed by atoms with Crippen LogP contribution in [0.1, 0.15) is 15.9 Å². The van der Waals surface area contributed by atoms with Gasteiger partial charge >= 0.3 is 0 Å². The van der Waals surface area contributed by atoms with Gasteiger partial charge in [-0.15, -0.1) is 0 Å². The first kappa shape index (κ1) is 16.1. The molecule has 1 amide bonds. The van der Waals surface area contributed by atoms with E-state index in [4.69, 9.17) is 12.2 Å². The number of hydrogen-bond donors (Lipinski definition) is 2. The van der Waals surface area contributed by atoms with E-state index in [1.54, 1.807) is 25.2 Å². The number of benzene rings is 2. The Balaban J connectivity index is 1.77. The molecular formula is C18H17N3O2S. The Hall–Kier alpha value is -2.73. The maximum absolute atomic E-state index is 12.3. The van der Waals surface area contributed by atoms with Gasteiger partial charge in [-0.2, -0.15) is 0 Å². The van der Waals surface area contributed by atoms with Crippen molar-refractivity contribution in [3.63, 3.8) is 0 Å². The zero-order valence-electron chi connectivity index (χ0n) is 13.2. The summed E-state index contributed by atoms with van der Waals surface area (Å²) in [6, 6.07) is 14.9. The van der Waals surface area contributed by atoms with E-state index in [0.717, 1.165) is 6.42 Å². The molecule has 0 bridgehead atoms. The van der Waals surface area contributed by atoms with Crippen molar-refractivity contribution in [2.75, 3.05) is 6.54 Å². The van der Waals surface area contributed by atoms with Crippen LogP contribution in [0.5, 0.6) is 0 Å². The molecule has 0 aliphatic heterocycles. The molecule has 3 rings (SSSR count). The number of carbonyl (C=O) groups excluding carboxylic acids is 1. The maximum Gasteiger partial charge on any atom is 0.261 e. The van der Waals surface area contributed by atoms with Gasteiger partial charge < -0.3 is 10.3 Å². The van der Waals surface area contributed by atoms with Crippen molar-refractivity contribution in [2.45, 2.75) is 6.42 Å². The van der Waals surface area contributed by atoms with Gasteiger partial charge in [-0.3, -0.25) is 14.2 Å². The van der Waals surface area contributed by atoms with Crippen molar-refractivity contribution in [3.05, 3.63) is 74.8 Å². The molecule has 1 heterocycles. The molecule has 5 nitrogen and oxygen atoms in total. The highest BCUT2D eigenvalue weighted by atomic mass is 32.1. The number of carbonyl (C=O) groups is 1. The summed E-state index contributed by atoms with van der Waals surface area (Å²) in [5.74, 6) is -0.173. The minimum Gasteiger partial charge on any atom is -0.352 e. The third kappa shape index (κ3) is 3.28. The van der Waals surface area contributed by atoms with Crippen LogP contribution in [0, 0.1) is 4.77 Å². The number of aromatic amines is 1. The molecule has 0 atom stereocenters. The van der Waals surface area contributed by atoms with Gasteiger partial charge in [0.2, 0.25) is 0 Å². The molecule has 0 saturated heterocycles. The van der Waals surface area contributed by atoms with Gasteiger partial charge in [-0.05, 0) is 42.4 Å². The minimum absolute atomic E-state index is 0.173. The van der Waals surface area contributed by atoms with Crippen molar-refractivity contribution < 1.29 is 4.79 Å². The van der Waals surface area contributed by atoms with Crippen LogP contribution in [0.25, 0.3) is 10.9 Å². The van der Waals surface area contributed by atoms with Gasteiger partial charge in [-0.25, -0.2) is 0 Å². The molecule has 0 fully saturated rings. The summed E-state index contributed by atoms with van der Waals surface area (Å²) in [6.07, 6.45) is 0.767. The second-order valence-electron chi connectivity index (χ2n) is 5.55. The Kier molecular flexibility index (Phi) is 4.57. The lowest BCUT2D eigenvalue weighted by Gasteiger charge is -2.07. The second kappa shape index (κ2) is 6.80. The number of hydrogen-bond acceptors (Lipinski definition) is 3. The maximum atomic E-state index is 12.3. The van der Waals surface area contributed by atoms with E-state index in [9.17, 15) is 9.59 Å². The number of nitrogens with one attached hydrogen (secondary N) is 2. The van der Waals surface area contributed by atoms with Crippen LogP contribution >= 0.6 is 12.2 Å². The molecule has 0 saturated carbocycles. The van der Waals surface area contributed by atoms with E-state index in [1.165, 1.54) is 10.1 Å². The summed E-state index contributed by atoms with van der Waals surface area (Å²) in [6.45, 7) is 0.549. The van der Waals surface area contributed by atoms with E-state index in [0.29, 0.717) is 27.8 Å². The average molecular weight is 339 g/mol. The SMILES string of the molecule is Cn1c(=S)[nH]c2cc(C(=O)NCCc3ccccc3)ccc2c1=O. The number of rotatable bonds is 4. The van der Waals surface area contributed by atoms with Crippen LogP contribution in [0.3, 0.4) is 0 Å². The summed E-state index contributed by atoms with van der Waals surface area (Å²) >= 11 is 5.11. The first-order chi connectivity index (χ1) is 11.6. The molecular weight excluding hydrogens is 322 g/mol. The lowest BCUT2D eigenvalue weighted by molar-refractivity contribution is 0.0954. The molecule has 2 aromatic carbocycles. The van der Waals surface area contributed by atoms with Crippen molar-refractivity contribution in [1.29, 1.82) is 0 Å². The molecule has 6 heteroatoms. The molecule has 2 N–H and O–H groups in total. The fraction of sp³-hybridized carbons (Fsp3) is 0.167. The highest BCUT2D eigenvalue weighted by Gasteiger charge is 2.09. The highest BCUT2D eigenvalue weighted by Crippen LogP contribution is 2.10. The third-order valence-corrected chi connectivity index (χ3v) is 4.28. The van der Waals surface area contributed by atoms with Crippen molar-refractivity contribution in [3.8, 4) is 0 Å². The Labute approximate surface area is 144 Å². The molecule has 1 aromatic heterocycles. The van der Waals surface area contributed by atoms with Gasteiger partial charge in [0, 0.05) is 19.2 Å². The molecule has 122 valence electrons. The zero-order valence-corrected chi connectivity index (χ0v) is 14.0. The first-order valence-electron chi connectivity index (χ1n) is 7.61. The normalized spacial score (nSPS) is 10.7. The Morgan fingerprint density at radius 1 is 1.21 bits per heavy atom. The minimum atomic E-state index is -0.176. The Bertz CT molecular complexity index is 1010. The third-order valence-electron chi connectivity index (χ3n) is 3.91. The van der Waals surface area contributed by atoms with Crippen LogP contribution < -0.4 is 10.9 Å². The number of aromatic nitrogens is 2. The van der Waals surface area contributed by atoms with Crippen LogP contribution in [0.15, 0.2) is 53.3 Å². The molecule has 0 aliphatic rings. The largest absolute Gasteiger partial charge is 0.352 e. The van der Waals surface area contributed by atoms with Crippen LogP contribution in [0.4, 0.5) is 0 Å². The average Bonchev–Trinajstić information content (AvgIpc) is 2.60. The summed E-state index contributed by atoms with van der Waals surface area (Å²) in [5, 5.41) is 3.40. The van der Waals surface area contributed by atoms with Gasteiger partial charge in [0.15, 0.2) is 4.77 Å². The van der Waals surface area contributed by atoms with Crippen molar-refractivity contribution >= 4 is 29.0 Å². The Morgan fingerprint density at radius 3 is 2.71 bits per heavy atom. The van der Waals surface area contributed by atoms with E-state index in [1.807, 2.05) is 30.3 Å². The standard InChI is InChI=1S/C18H17N3O2S/c1-21-17(23)14-8-7-13(11-15(14)20-18(21)24)16(22)19-10-9-12-5-3-2-4-6-12/h2-8,11H,9-10H2,1H3,(H,19,22)(H,20,24). The monoisotopic (exact) mass is 339 g/mol. The van der Waals surface area contributed by atoms with Crippen LogP contribution in [-0.2, 0) is 13.5 Å². The van der Waals surface area contributed by atoms with E-state index in [2.05, 4.69) is 10.3 Å². The molecule has 3 aromatic rings. The molecule has 0 unspecified atom stereocenters. The molecule has 0 aliphatic carbocycles. The first-order valence-corrected chi connectivity index (χ1v) is 8.02. The highest BCUT2D eigenvalue weighted by molar-refractivity contribution is 7.71.